The second-order valence-corrected chi connectivity index (χ2v) is 3.10. The highest BCUT2D eigenvalue weighted by molar-refractivity contribution is 6.30. The van der Waals surface area contributed by atoms with Gasteiger partial charge in [0.1, 0.15) is 12.4 Å². The fourth-order valence-corrected chi connectivity index (χ4v) is 1.21. The van der Waals surface area contributed by atoms with Crippen LogP contribution in [0.3, 0.4) is 0 Å². The van der Waals surface area contributed by atoms with E-state index in [1.54, 1.807) is 6.07 Å². The molecule has 0 amide bonds. The van der Waals surface area contributed by atoms with Gasteiger partial charge in [-0.25, -0.2) is 0 Å². The van der Waals surface area contributed by atoms with Gasteiger partial charge in [-0.1, -0.05) is 11.6 Å². The Labute approximate surface area is 82.7 Å². The maximum absolute atomic E-state index is 8.31. The molecule has 0 fully saturated rings. The molecule has 0 bridgehead atoms. The number of ether oxygens (including phenoxy) is 1. The van der Waals surface area contributed by atoms with Gasteiger partial charge in [0.25, 0.3) is 0 Å². The van der Waals surface area contributed by atoms with Gasteiger partial charge in [-0.3, -0.25) is 0 Å². The van der Waals surface area contributed by atoms with E-state index in [1.165, 1.54) is 0 Å². The number of aryl methyl sites for hydroxylation is 1. The summed E-state index contributed by atoms with van der Waals surface area (Å²) in [5.41, 5.74) is 0.991. The van der Waals surface area contributed by atoms with Crippen LogP contribution in [-0.4, -0.2) is 6.61 Å². The second-order valence-electron chi connectivity index (χ2n) is 2.67. The van der Waals surface area contributed by atoms with Crippen molar-refractivity contribution in [3.8, 4) is 11.8 Å². The van der Waals surface area contributed by atoms with Crippen LogP contribution in [-0.2, 0) is 0 Å². The van der Waals surface area contributed by atoms with Crippen molar-refractivity contribution < 1.29 is 4.74 Å². The second kappa shape index (κ2) is 4.74. The third-order valence-corrected chi connectivity index (χ3v) is 1.84. The van der Waals surface area contributed by atoms with Crippen LogP contribution in [0.15, 0.2) is 18.2 Å². The average molecular weight is 196 g/mol. The first kappa shape index (κ1) is 9.88. The van der Waals surface area contributed by atoms with Gasteiger partial charge in [0.2, 0.25) is 0 Å². The predicted molar refractivity (Wildman–Crippen MR) is 51.9 cm³/mol. The highest BCUT2D eigenvalue weighted by Gasteiger charge is 1.99. The van der Waals surface area contributed by atoms with Gasteiger partial charge in [-0.2, -0.15) is 5.26 Å². The zero-order chi connectivity index (χ0) is 9.68. The summed E-state index contributed by atoms with van der Waals surface area (Å²) in [6.45, 7) is 2.35. The van der Waals surface area contributed by atoms with E-state index in [4.69, 9.17) is 21.6 Å². The first-order valence-corrected chi connectivity index (χ1v) is 4.37. The molecule has 0 aliphatic rings. The fourth-order valence-electron chi connectivity index (χ4n) is 0.981. The molecule has 0 radical (unpaired) electrons. The summed E-state index contributed by atoms with van der Waals surface area (Å²) in [5.74, 6) is 0.791. The minimum atomic E-state index is 0.405. The number of nitrogens with zero attached hydrogens (tertiary/aromatic N) is 1. The van der Waals surface area contributed by atoms with E-state index in [9.17, 15) is 0 Å². The van der Waals surface area contributed by atoms with Crippen LogP contribution >= 0.6 is 11.6 Å². The third-order valence-electron chi connectivity index (χ3n) is 1.61. The lowest BCUT2D eigenvalue weighted by Crippen LogP contribution is -1.97. The summed E-state index contributed by atoms with van der Waals surface area (Å²) in [6, 6.07) is 7.44. The molecule has 0 spiro atoms. The number of hydrogen-bond donors (Lipinski definition) is 0. The van der Waals surface area contributed by atoms with Crippen LogP contribution in [0.25, 0.3) is 0 Å². The quantitative estimate of drug-likeness (QED) is 0.695. The molecule has 1 aromatic carbocycles. The zero-order valence-corrected chi connectivity index (χ0v) is 8.14. The monoisotopic (exact) mass is 195 g/mol. The van der Waals surface area contributed by atoms with Crippen molar-refractivity contribution in [3.05, 3.63) is 28.8 Å². The summed E-state index contributed by atoms with van der Waals surface area (Å²) in [7, 11) is 0. The standard InChI is InChI=1S/C10H10ClNO/c1-8-7-9(11)3-4-10(8)13-6-2-5-12/h3-4,7H,2,6H2,1H3. The molecule has 1 rings (SSSR count). The van der Waals surface area contributed by atoms with Crippen molar-refractivity contribution in [2.45, 2.75) is 13.3 Å². The molecule has 0 heterocycles. The molecule has 2 nitrogen and oxygen atoms in total. The minimum Gasteiger partial charge on any atom is -0.492 e. The summed E-state index contributed by atoms with van der Waals surface area (Å²) in [6.07, 6.45) is 0.405. The Morgan fingerprint density at radius 2 is 2.31 bits per heavy atom. The first-order valence-electron chi connectivity index (χ1n) is 4.00. The molecule has 0 saturated heterocycles. The van der Waals surface area contributed by atoms with Crippen LogP contribution < -0.4 is 4.74 Å². The Kier molecular flexibility index (Phi) is 3.60. The van der Waals surface area contributed by atoms with Crippen LogP contribution in [0.2, 0.25) is 5.02 Å². The number of benzene rings is 1. The van der Waals surface area contributed by atoms with Gasteiger partial charge in [0, 0.05) is 5.02 Å². The molecule has 68 valence electrons. The van der Waals surface area contributed by atoms with Crippen molar-refractivity contribution in [2.24, 2.45) is 0 Å². The third kappa shape index (κ3) is 2.96. The Bertz CT molecular complexity index is 330. The Morgan fingerprint density at radius 3 is 2.92 bits per heavy atom. The SMILES string of the molecule is Cc1cc(Cl)ccc1OCCC#N. The molecule has 0 atom stereocenters. The fraction of sp³-hybridized carbons (Fsp3) is 0.300. The largest absolute Gasteiger partial charge is 0.492 e. The summed E-state index contributed by atoms with van der Waals surface area (Å²) < 4.78 is 5.35. The molecule has 0 saturated carbocycles. The van der Waals surface area contributed by atoms with E-state index in [0.29, 0.717) is 18.1 Å². The topological polar surface area (TPSA) is 33.0 Å². The molecule has 0 unspecified atom stereocenters. The first-order chi connectivity index (χ1) is 6.24. The lowest BCUT2D eigenvalue weighted by molar-refractivity contribution is 0.324. The summed E-state index contributed by atoms with van der Waals surface area (Å²) in [5, 5.41) is 9.01. The van der Waals surface area contributed by atoms with Crippen molar-refractivity contribution in [1.29, 1.82) is 5.26 Å². The van der Waals surface area contributed by atoms with E-state index in [-0.39, 0.29) is 0 Å². The van der Waals surface area contributed by atoms with Gasteiger partial charge < -0.3 is 4.74 Å². The minimum absolute atomic E-state index is 0.405. The molecule has 13 heavy (non-hydrogen) atoms. The van der Waals surface area contributed by atoms with E-state index >= 15 is 0 Å². The van der Waals surface area contributed by atoms with E-state index in [1.807, 2.05) is 25.1 Å². The zero-order valence-electron chi connectivity index (χ0n) is 7.38. The van der Waals surface area contributed by atoms with Gasteiger partial charge in [-0.15, -0.1) is 0 Å². The van der Waals surface area contributed by atoms with Gasteiger partial charge in [-0.05, 0) is 30.7 Å². The molecule has 0 aliphatic heterocycles. The maximum atomic E-state index is 8.31. The molecule has 3 heteroatoms. The number of nitriles is 1. The predicted octanol–water partition coefficient (Wildman–Crippen LogP) is 2.94. The molecule has 0 aliphatic carbocycles. The van der Waals surface area contributed by atoms with E-state index < -0.39 is 0 Å². The van der Waals surface area contributed by atoms with Gasteiger partial charge in [0.15, 0.2) is 0 Å². The van der Waals surface area contributed by atoms with Crippen molar-refractivity contribution in [3.63, 3.8) is 0 Å². The molecule has 1 aromatic rings. The highest BCUT2D eigenvalue weighted by atomic mass is 35.5. The van der Waals surface area contributed by atoms with E-state index in [0.717, 1.165) is 11.3 Å². The molecular weight excluding hydrogens is 186 g/mol. The summed E-state index contributed by atoms with van der Waals surface area (Å²) >= 11 is 5.77. The molecule has 0 N–H and O–H groups in total. The summed E-state index contributed by atoms with van der Waals surface area (Å²) in [4.78, 5) is 0. The normalized spacial score (nSPS) is 9.31. The molecular formula is C10H10ClNO. The Hall–Kier alpha value is -1.20. The smallest absolute Gasteiger partial charge is 0.122 e. The van der Waals surface area contributed by atoms with E-state index in [2.05, 4.69) is 0 Å². The van der Waals surface area contributed by atoms with Crippen LogP contribution in [0.5, 0.6) is 5.75 Å². The van der Waals surface area contributed by atoms with Crippen molar-refractivity contribution in [1.82, 2.24) is 0 Å². The van der Waals surface area contributed by atoms with Crippen LogP contribution in [0, 0.1) is 18.3 Å². The number of rotatable bonds is 3. The lowest BCUT2D eigenvalue weighted by atomic mass is 10.2. The van der Waals surface area contributed by atoms with Crippen LogP contribution in [0.1, 0.15) is 12.0 Å². The van der Waals surface area contributed by atoms with Gasteiger partial charge >= 0.3 is 0 Å². The maximum Gasteiger partial charge on any atom is 0.122 e. The van der Waals surface area contributed by atoms with Crippen LogP contribution in [0.4, 0.5) is 0 Å². The average Bonchev–Trinajstić information content (AvgIpc) is 2.09. The van der Waals surface area contributed by atoms with Crippen molar-refractivity contribution in [2.75, 3.05) is 6.61 Å². The molecule has 0 aromatic heterocycles. The lowest BCUT2D eigenvalue weighted by Gasteiger charge is -2.06. The number of hydrogen-bond acceptors (Lipinski definition) is 2. The Balaban J connectivity index is 2.62. The van der Waals surface area contributed by atoms with Crippen molar-refractivity contribution >= 4 is 11.6 Å². The van der Waals surface area contributed by atoms with Gasteiger partial charge in [0.05, 0.1) is 12.5 Å². The highest BCUT2D eigenvalue weighted by Crippen LogP contribution is 2.21. The number of halogens is 1. The Morgan fingerprint density at radius 1 is 1.54 bits per heavy atom.